The molecule has 3 rings (SSSR count). The molecule has 28 heavy (non-hydrogen) atoms. The van der Waals surface area contributed by atoms with Crippen LogP contribution >= 0.6 is 11.3 Å². The summed E-state index contributed by atoms with van der Waals surface area (Å²) in [5, 5.41) is 13.5. The van der Waals surface area contributed by atoms with E-state index in [1.807, 2.05) is 6.07 Å². The Morgan fingerprint density at radius 3 is 2.71 bits per heavy atom. The van der Waals surface area contributed by atoms with E-state index in [0.717, 1.165) is 0 Å². The Balaban J connectivity index is 1.76. The zero-order valence-electron chi connectivity index (χ0n) is 14.6. The fraction of sp³-hybridized carbons (Fsp3) is 0.167. The fourth-order valence-electron chi connectivity index (χ4n) is 2.28. The summed E-state index contributed by atoms with van der Waals surface area (Å²) in [6.45, 7) is -0.513. The fourth-order valence-corrected chi connectivity index (χ4v) is 3.06. The summed E-state index contributed by atoms with van der Waals surface area (Å²) in [6.07, 6.45) is -1.24. The van der Waals surface area contributed by atoms with Crippen molar-refractivity contribution < 1.29 is 13.6 Å². The second kappa shape index (κ2) is 8.49. The lowest BCUT2D eigenvalue weighted by Gasteiger charge is -2.13. The standard InChI is InChI=1S/C18H14F2N6OS/c1-26(17(27)12-4-2-11(7-21)3-5-12)18-25-14(9-28-18)13-6-16(24-10-23-13)22-8-15(19)20/h2-6,9-10,15H,8H2,1H3,(H,22,23,24). The second-order valence-corrected chi connectivity index (χ2v) is 6.47. The van der Waals surface area contributed by atoms with Gasteiger partial charge in [0.1, 0.15) is 17.8 Å². The number of halogens is 2. The van der Waals surface area contributed by atoms with Crippen molar-refractivity contribution in [2.24, 2.45) is 0 Å². The van der Waals surface area contributed by atoms with Crippen LogP contribution in [0.25, 0.3) is 11.4 Å². The zero-order valence-corrected chi connectivity index (χ0v) is 15.5. The van der Waals surface area contributed by atoms with Gasteiger partial charge in [0.25, 0.3) is 12.3 Å². The number of aromatic nitrogens is 3. The van der Waals surface area contributed by atoms with Crippen molar-refractivity contribution in [3.63, 3.8) is 0 Å². The quantitative estimate of drug-likeness (QED) is 0.681. The molecule has 0 saturated carbocycles. The summed E-state index contributed by atoms with van der Waals surface area (Å²) in [5.41, 5.74) is 1.85. The van der Waals surface area contributed by atoms with Gasteiger partial charge in [-0.1, -0.05) is 0 Å². The van der Waals surface area contributed by atoms with Gasteiger partial charge in [0.2, 0.25) is 0 Å². The summed E-state index contributed by atoms with van der Waals surface area (Å²) in [5.74, 6) is -0.00534. The zero-order chi connectivity index (χ0) is 20.1. The lowest BCUT2D eigenvalue weighted by Crippen LogP contribution is -2.26. The van der Waals surface area contributed by atoms with Crippen LogP contribution < -0.4 is 10.2 Å². The smallest absolute Gasteiger partial charge is 0.259 e. The number of nitrogens with one attached hydrogen (secondary N) is 1. The molecule has 2 aromatic heterocycles. The van der Waals surface area contributed by atoms with Crippen LogP contribution in [0.4, 0.5) is 19.7 Å². The van der Waals surface area contributed by atoms with Crippen LogP contribution in [0, 0.1) is 11.3 Å². The van der Waals surface area contributed by atoms with Gasteiger partial charge < -0.3 is 5.32 Å². The van der Waals surface area contributed by atoms with Crippen molar-refractivity contribution in [2.45, 2.75) is 6.43 Å². The third-order valence-electron chi connectivity index (χ3n) is 3.71. The van der Waals surface area contributed by atoms with Gasteiger partial charge in [0.05, 0.1) is 23.9 Å². The average Bonchev–Trinajstić information content (AvgIpc) is 3.22. The van der Waals surface area contributed by atoms with Crippen LogP contribution in [0.5, 0.6) is 0 Å². The minimum absolute atomic E-state index is 0.266. The Morgan fingerprint density at radius 1 is 1.29 bits per heavy atom. The van der Waals surface area contributed by atoms with Crippen molar-refractivity contribution >= 4 is 28.2 Å². The van der Waals surface area contributed by atoms with Gasteiger partial charge in [-0.15, -0.1) is 11.3 Å². The largest absolute Gasteiger partial charge is 0.364 e. The molecule has 10 heteroatoms. The van der Waals surface area contributed by atoms with Crippen LogP contribution in [0.3, 0.4) is 0 Å². The Hall–Kier alpha value is -3.45. The Morgan fingerprint density at radius 2 is 2.04 bits per heavy atom. The minimum Gasteiger partial charge on any atom is -0.364 e. The molecule has 0 saturated heterocycles. The van der Waals surface area contributed by atoms with E-state index < -0.39 is 13.0 Å². The average molecular weight is 400 g/mol. The number of carbonyl (C=O) groups excluding carboxylic acids is 1. The molecule has 0 bridgehead atoms. The highest BCUT2D eigenvalue weighted by Gasteiger charge is 2.17. The minimum atomic E-state index is -2.49. The van der Waals surface area contributed by atoms with E-state index >= 15 is 0 Å². The van der Waals surface area contributed by atoms with E-state index in [-0.39, 0.29) is 11.7 Å². The van der Waals surface area contributed by atoms with E-state index in [2.05, 4.69) is 20.3 Å². The lowest BCUT2D eigenvalue weighted by atomic mass is 10.1. The second-order valence-electron chi connectivity index (χ2n) is 5.63. The van der Waals surface area contributed by atoms with Gasteiger partial charge in [0.15, 0.2) is 5.13 Å². The lowest BCUT2D eigenvalue weighted by molar-refractivity contribution is 0.0993. The Labute approximate surface area is 163 Å². The van der Waals surface area contributed by atoms with E-state index in [4.69, 9.17) is 5.26 Å². The summed E-state index contributed by atoms with van der Waals surface area (Å²) in [6, 6.07) is 9.83. The van der Waals surface area contributed by atoms with Gasteiger partial charge in [-0.3, -0.25) is 9.69 Å². The number of nitriles is 1. The summed E-state index contributed by atoms with van der Waals surface area (Å²) >= 11 is 1.25. The highest BCUT2D eigenvalue weighted by Crippen LogP contribution is 2.27. The molecule has 3 aromatic rings. The molecule has 0 spiro atoms. The predicted octanol–water partition coefficient (Wildman–Crippen LogP) is 3.43. The molecule has 7 nitrogen and oxygen atoms in total. The summed E-state index contributed by atoms with van der Waals surface area (Å²) in [4.78, 5) is 26.4. The van der Waals surface area contributed by atoms with Crippen molar-refractivity contribution in [1.29, 1.82) is 5.26 Å². The summed E-state index contributed by atoms with van der Waals surface area (Å²) in [7, 11) is 1.60. The van der Waals surface area contributed by atoms with Crippen LogP contribution in [0.1, 0.15) is 15.9 Å². The molecular formula is C18H14F2N6OS. The molecule has 2 heterocycles. The number of rotatable bonds is 6. The molecule has 0 fully saturated rings. The first kappa shape index (κ1) is 19.3. The summed E-state index contributed by atoms with van der Waals surface area (Å²) < 4.78 is 24.6. The number of carbonyl (C=O) groups is 1. The Kier molecular flexibility index (Phi) is 5.86. The van der Waals surface area contributed by atoms with Crippen molar-refractivity contribution in [2.75, 3.05) is 23.8 Å². The van der Waals surface area contributed by atoms with E-state index in [1.165, 1.54) is 28.6 Å². The number of alkyl halides is 2. The first-order valence-corrected chi connectivity index (χ1v) is 8.94. The number of hydrogen-bond acceptors (Lipinski definition) is 7. The molecule has 0 aliphatic heterocycles. The normalized spacial score (nSPS) is 10.5. The molecule has 0 unspecified atom stereocenters. The van der Waals surface area contributed by atoms with Crippen LogP contribution in [0.15, 0.2) is 42.0 Å². The van der Waals surface area contributed by atoms with Gasteiger partial charge in [-0.25, -0.2) is 23.7 Å². The number of amides is 1. The molecule has 1 N–H and O–H groups in total. The highest BCUT2D eigenvalue weighted by atomic mass is 32.1. The number of nitrogens with zero attached hydrogens (tertiary/aromatic N) is 5. The molecule has 0 aliphatic carbocycles. The van der Waals surface area contributed by atoms with Gasteiger partial charge in [0, 0.05) is 24.1 Å². The third-order valence-corrected chi connectivity index (χ3v) is 4.63. The predicted molar refractivity (Wildman–Crippen MR) is 102 cm³/mol. The maximum absolute atomic E-state index is 12.6. The molecular weight excluding hydrogens is 386 g/mol. The number of thiazole rings is 1. The highest BCUT2D eigenvalue weighted by molar-refractivity contribution is 7.14. The van der Waals surface area contributed by atoms with Crippen molar-refractivity contribution in [1.82, 2.24) is 15.0 Å². The molecule has 1 amide bonds. The Bertz CT molecular complexity index is 1020. The van der Waals surface area contributed by atoms with E-state index in [9.17, 15) is 13.6 Å². The van der Waals surface area contributed by atoms with Crippen LogP contribution in [0.2, 0.25) is 0 Å². The van der Waals surface area contributed by atoms with Crippen LogP contribution in [-0.2, 0) is 0 Å². The molecule has 142 valence electrons. The molecule has 0 aliphatic rings. The SMILES string of the molecule is CN(C(=O)c1ccc(C#N)cc1)c1nc(-c2cc(NCC(F)F)ncn2)cs1. The van der Waals surface area contributed by atoms with E-state index in [1.54, 1.807) is 36.7 Å². The molecule has 0 atom stereocenters. The molecule has 0 radical (unpaired) electrons. The van der Waals surface area contributed by atoms with Gasteiger partial charge in [-0.2, -0.15) is 5.26 Å². The maximum atomic E-state index is 12.6. The van der Waals surface area contributed by atoms with Crippen molar-refractivity contribution in [3.8, 4) is 17.5 Å². The third kappa shape index (κ3) is 4.44. The first-order valence-electron chi connectivity index (χ1n) is 8.06. The van der Waals surface area contributed by atoms with Gasteiger partial charge >= 0.3 is 0 Å². The maximum Gasteiger partial charge on any atom is 0.259 e. The molecule has 1 aromatic carbocycles. The van der Waals surface area contributed by atoms with Crippen molar-refractivity contribution in [3.05, 3.63) is 53.2 Å². The van der Waals surface area contributed by atoms with E-state index in [0.29, 0.717) is 27.6 Å². The van der Waals surface area contributed by atoms with Gasteiger partial charge in [-0.05, 0) is 24.3 Å². The topological polar surface area (TPSA) is 94.8 Å². The first-order chi connectivity index (χ1) is 13.5. The van der Waals surface area contributed by atoms with Crippen LogP contribution in [-0.4, -0.2) is 40.9 Å². The number of hydrogen-bond donors (Lipinski definition) is 1. The number of benzene rings is 1. The number of anilines is 2. The monoisotopic (exact) mass is 400 g/mol.